The summed E-state index contributed by atoms with van der Waals surface area (Å²) in [7, 11) is 0. The van der Waals surface area contributed by atoms with E-state index in [1.54, 1.807) is 0 Å². The molecule has 2 rings (SSSR count). The molecule has 1 aromatic carbocycles. The highest BCUT2D eigenvalue weighted by Crippen LogP contribution is 2.25. The fraction of sp³-hybridized carbons (Fsp3) is 0.588. The number of aryl methyl sites for hydroxylation is 1. The first-order valence-corrected chi connectivity index (χ1v) is 7.83. The smallest absolute Gasteiger partial charge is 0.241 e. The highest BCUT2D eigenvalue weighted by molar-refractivity contribution is 5.95. The summed E-state index contributed by atoms with van der Waals surface area (Å²) in [6.07, 6.45) is 2.42. The Morgan fingerprint density at radius 2 is 2.14 bits per heavy atom. The highest BCUT2D eigenvalue weighted by atomic mass is 16.2. The minimum absolute atomic E-state index is 0.0460. The number of likely N-dealkylation sites (tertiary alicyclic amines) is 1. The summed E-state index contributed by atoms with van der Waals surface area (Å²) in [6.45, 7) is 9.45. The van der Waals surface area contributed by atoms with Crippen molar-refractivity contribution < 1.29 is 4.79 Å². The van der Waals surface area contributed by atoms with Crippen LogP contribution >= 0.6 is 0 Å². The summed E-state index contributed by atoms with van der Waals surface area (Å²) < 4.78 is 0. The second-order valence-corrected chi connectivity index (χ2v) is 6.34. The molecule has 21 heavy (non-hydrogen) atoms. The summed E-state index contributed by atoms with van der Waals surface area (Å²) >= 11 is 0. The Labute approximate surface area is 127 Å². The minimum Gasteiger partial charge on any atom is -0.399 e. The molecule has 3 unspecified atom stereocenters. The Balaban J connectivity index is 2.07. The van der Waals surface area contributed by atoms with Crippen LogP contribution in [0.25, 0.3) is 0 Å². The van der Waals surface area contributed by atoms with E-state index >= 15 is 0 Å². The lowest BCUT2D eigenvalue weighted by Gasteiger charge is -2.41. The first-order valence-electron chi connectivity index (χ1n) is 7.83. The normalized spacial score (nSPS) is 24.6. The molecule has 1 aromatic rings. The molecular weight excluding hydrogens is 262 g/mol. The molecule has 3 N–H and O–H groups in total. The fourth-order valence-corrected chi connectivity index (χ4v) is 3.08. The second kappa shape index (κ2) is 6.48. The van der Waals surface area contributed by atoms with Crippen molar-refractivity contribution >= 4 is 17.3 Å². The van der Waals surface area contributed by atoms with Crippen LogP contribution in [-0.2, 0) is 4.79 Å². The summed E-state index contributed by atoms with van der Waals surface area (Å²) in [4.78, 5) is 14.8. The van der Waals surface area contributed by atoms with Crippen molar-refractivity contribution in [3.63, 3.8) is 0 Å². The molecule has 1 amide bonds. The molecule has 4 heteroatoms. The van der Waals surface area contributed by atoms with Crippen molar-refractivity contribution in [1.29, 1.82) is 0 Å². The molecule has 0 aliphatic carbocycles. The molecule has 0 bridgehead atoms. The van der Waals surface area contributed by atoms with E-state index in [0.717, 1.165) is 17.8 Å². The predicted octanol–water partition coefficient (Wildman–Crippen LogP) is 3.02. The van der Waals surface area contributed by atoms with Gasteiger partial charge in [0.1, 0.15) is 0 Å². The maximum atomic E-state index is 12.5. The van der Waals surface area contributed by atoms with E-state index in [-0.39, 0.29) is 11.9 Å². The second-order valence-electron chi connectivity index (χ2n) is 6.34. The molecule has 1 aliphatic heterocycles. The topological polar surface area (TPSA) is 58.4 Å². The SMILES string of the molecule is Cc1ccc(N)cc1NC(=O)C(C)N1CCCC(C)C1C. The van der Waals surface area contributed by atoms with Gasteiger partial charge in [0.25, 0.3) is 0 Å². The zero-order valence-electron chi connectivity index (χ0n) is 13.5. The number of carbonyl (C=O) groups excluding carboxylic acids is 1. The largest absolute Gasteiger partial charge is 0.399 e. The van der Waals surface area contributed by atoms with Crippen LogP contribution in [0.15, 0.2) is 18.2 Å². The first-order chi connectivity index (χ1) is 9.90. The van der Waals surface area contributed by atoms with Crippen LogP contribution in [0.3, 0.4) is 0 Å². The van der Waals surface area contributed by atoms with E-state index in [9.17, 15) is 4.79 Å². The van der Waals surface area contributed by atoms with Crippen molar-refractivity contribution in [3.8, 4) is 0 Å². The van der Waals surface area contributed by atoms with Crippen molar-refractivity contribution in [2.45, 2.75) is 52.6 Å². The van der Waals surface area contributed by atoms with Gasteiger partial charge in [0.2, 0.25) is 5.91 Å². The number of nitrogens with zero attached hydrogens (tertiary/aromatic N) is 1. The van der Waals surface area contributed by atoms with Gasteiger partial charge in [-0.3, -0.25) is 9.69 Å². The number of amides is 1. The molecule has 0 spiro atoms. The van der Waals surface area contributed by atoms with Gasteiger partial charge in [-0.25, -0.2) is 0 Å². The standard InChI is InChI=1S/C17H27N3O/c1-11-6-5-9-20(13(11)3)14(4)17(21)19-16-10-15(18)8-7-12(16)2/h7-8,10-11,13-14H,5-6,9,18H2,1-4H3,(H,19,21). The van der Waals surface area contributed by atoms with Gasteiger partial charge in [-0.05, 0) is 63.8 Å². The lowest BCUT2D eigenvalue weighted by molar-refractivity contribution is -0.122. The van der Waals surface area contributed by atoms with Gasteiger partial charge in [0.15, 0.2) is 0 Å². The van der Waals surface area contributed by atoms with Crippen molar-refractivity contribution in [3.05, 3.63) is 23.8 Å². The van der Waals surface area contributed by atoms with Gasteiger partial charge >= 0.3 is 0 Å². The number of rotatable bonds is 3. The molecule has 0 saturated carbocycles. The minimum atomic E-state index is -0.122. The van der Waals surface area contributed by atoms with Crippen LogP contribution in [0.1, 0.15) is 39.2 Å². The number of carbonyl (C=O) groups is 1. The number of nitrogen functional groups attached to an aromatic ring is 1. The molecule has 1 heterocycles. The quantitative estimate of drug-likeness (QED) is 0.841. The fourth-order valence-electron chi connectivity index (χ4n) is 3.08. The molecule has 0 aromatic heterocycles. The molecular formula is C17H27N3O. The van der Waals surface area contributed by atoms with Gasteiger partial charge in [-0.1, -0.05) is 13.0 Å². The maximum absolute atomic E-state index is 12.5. The Morgan fingerprint density at radius 3 is 2.86 bits per heavy atom. The lowest BCUT2D eigenvalue weighted by atomic mass is 9.91. The van der Waals surface area contributed by atoms with Crippen LogP contribution in [-0.4, -0.2) is 29.4 Å². The zero-order chi connectivity index (χ0) is 15.6. The van der Waals surface area contributed by atoms with Gasteiger partial charge in [-0.2, -0.15) is 0 Å². The lowest BCUT2D eigenvalue weighted by Crippen LogP contribution is -2.51. The van der Waals surface area contributed by atoms with Crippen molar-refractivity contribution in [2.24, 2.45) is 5.92 Å². The van der Waals surface area contributed by atoms with E-state index in [0.29, 0.717) is 17.6 Å². The third-order valence-electron chi connectivity index (χ3n) is 4.82. The molecule has 1 saturated heterocycles. The molecule has 116 valence electrons. The number of hydrogen-bond acceptors (Lipinski definition) is 3. The summed E-state index contributed by atoms with van der Waals surface area (Å²) in [6, 6.07) is 5.93. The van der Waals surface area contributed by atoms with E-state index in [1.807, 2.05) is 32.0 Å². The number of piperidine rings is 1. The number of nitrogens with one attached hydrogen (secondary N) is 1. The first kappa shape index (κ1) is 15.8. The van der Waals surface area contributed by atoms with Crippen LogP contribution in [0, 0.1) is 12.8 Å². The van der Waals surface area contributed by atoms with Gasteiger partial charge < -0.3 is 11.1 Å². The van der Waals surface area contributed by atoms with E-state index in [4.69, 9.17) is 5.73 Å². The van der Waals surface area contributed by atoms with Crippen LogP contribution < -0.4 is 11.1 Å². The Hall–Kier alpha value is -1.55. The van der Waals surface area contributed by atoms with Gasteiger partial charge in [0.05, 0.1) is 6.04 Å². The molecule has 1 aliphatic rings. The molecule has 4 nitrogen and oxygen atoms in total. The number of nitrogens with two attached hydrogens (primary N) is 1. The highest BCUT2D eigenvalue weighted by Gasteiger charge is 2.31. The molecule has 1 fully saturated rings. The van der Waals surface area contributed by atoms with Gasteiger partial charge in [0, 0.05) is 17.4 Å². The average molecular weight is 289 g/mol. The number of hydrogen-bond donors (Lipinski definition) is 2. The third kappa shape index (κ3) is 3.56. The molecule has 3 atom stereocenters. The van der Waals surface area contributed by atoms with Crippen molar-refractivity contribution in [2.75, 3.05) is 17.6 Å². The van der Waals surface area contributed by atoms with E-state index < -0.39 is 0 Å². The average Bonchev–Trinajstić information content (AvgIpc) is 2.45. The van der Waals surface area contributed by atoms with Crippen LogP contribution in [0.4, 0.5) is 11.4 Å². The zero-order valence-corrected chi connectivity index (χ0v) is 13.5. The van der Waals surface area contributed by atoms with E-state index in [2.05, 4.69) is 24.1 Å². The summed E-state index contributed by atoms with van der Waals surface area (Å²) in [5.41, 5.74) is 8.31. The Kier molecular flexibility index (Phi) is 4.88. The van der Waals surface area contributed by atoms with Gasteiger partial charge in [-0.15, -0.1) is 0 Å². The summed E-state index contributed by atoms with van der Waals surface area (Å²) in [5, 5.41) is 3.02. The van der Waals surface area contributed by atoms with Crippen LogP contribution in [0.5, 0.6) is 0 Å². The predicted molar refractivity (Wildman–Crippen MR) is 88.2 cm³/mol. The van der Waals surface area contributed by atoms with Crippen LogP contribution in [0.2, 0.25) is 0 Å². The number of anilines is 2. The summed E-state index contributed by atoms with van der Waals surface area (Å²) in [5.74, 6) is 0.688. The monoisotopic (exact) mass is 289 g/mol. The number of benzene rings is 1. The van der Waals surface area contributed by atoms with Crippen molar-refractivity contribution in [1.82, 2.24) is 4.90 Å². The maximum Gasteiger partial charge on any atom is 0.241 e. The third-order valence-corrected chi connectivity index (χ3v) is 4.82. The Bertz CT molecular complexity index is 515. The van der Waals surface area contributed by atoms with E-state index in [1.165, 1.54) is 12.8 Å². The molecule has 0 radical (unpaired) electrons. The Morgan fingerprint density at radius 1 is 1.43 bits per heavy atom.